The number of rotatable bonds is 60. The van der Waals surface area contributed by atoms with E-state index in [0.29, 0.717) is 39.1 Å². The van der Waals surface area contributed by atoms with Crippen LogP contribution in [0.2, 0.25) is 13.3 Å². The van der Waals surface area contributed by atoms with Crippen molar-refractivity contribution in [2.45, 2.75) is 362 Å². The number of carbonyl (C=O) groups is 3. The molecule has 0 aromatic carbocycles. The van der Waals surface area contributed by atoms with Crippen molar-refractivity contribution in [1.29, 1.82) is 0 Å². The Bertz CT molecular complexity index is 931. The second-order valence-electron chi connectivity index (χ2n) is 21.8. The molecule has 0 fully saturated rings. The normalized spacial score (nSPS) is 11.3. The van der Waals surface area contributed by atoms with Crippen molar-refractivity contribution in [3.8, 4) is 0 Å². The molecule has 1 radical (unpaired) electrons. The van der Waals surface area contributed by atoms with Gasteiger partial charge in [0.2, 0.25) is 0 Å². The van der Waals surface area contributed by atoms with Crippen LogP contribution in [-0.2, 0) is 28.6 Å². The first kappa shape index (κ1) is 72.6. The number of halogens is 1. The van der Waals surface area contributed by atoms with E-state index in [1.807, 2.05) is 0 Å². The van der Waals surface area contributed by atoms with Crippen LogP contribution in [0.5, 0.6) is 0 Å². The topological polar surface area (TPSA) is 78.9 Å². The average molecular weight is 1130 g/mol. The minimum Gasteiger partial charge on any atom is -0.147 e. The van der Waals surface area contributed by atoms with Gasteiger partial charge in [-0.3, -0.25) is 0 Å². The first-order valence-electron chi connectivity index (χ1n) is 31.8. The molecular weight excluding hydrogens is 1010 g/mol. The smallest absolute Gasteiger partial charge is 0.147 e. The number of hydrogen-bond donors (Lipinski definition) is 0. The number of ether oxygens (including phenoxy) is 3. The minimum atomic E-state index is -2.22. The first-order chi connectivity index (χ1) is 34.5. The van der Waals surface area contributed by atoms with Crippen LogP contribution in [0.15, 0.2) is 0 Å². The molecule has 0 aromatic heterocycles. The summed E-state index contributed by atoms with van der Waals surface area (Å²) in [4.78, 5) is 38.3. The van der Waals surface area contributed by atoms with E-state index in [2.05, 4.69) is 20.8 Å². The van der Waals surface area contributed by atoms with E-state index >= 15 is 0 Å². The fourth-order valence-electron chi connectivity index (χ4n) is 9.94. The SMILES string of the molecule is CCCCCCCCCCCCCCCCCCOC(=O)C[CH2][Sn]([CH2]CC(=O)OCCCCCCCCCCCCCCCCCC)[CH2]CC(=O)OCCCCCCCCCCCCCCCCCC.Cl. The van der Waals surface area contributed by atoms with Crippen LogP contribution in [0.3, 0.4) is 0 Å². The molecule has 0 heterocycles. The third-order valence-electron chi connectivity index (χ3n) is 14.8. The van der Waals surface area contributed by atoms with Crippen molar-refractivity contribution in [3.63, 3.8) is 0 Å². The Labute approximate surface area is 457 Å². The summed E-state index contributed by atoms with van der Waals surface area (Å²) in [6.45, 7) is 8.38. The third-order valence-corrected chi connectivity index (χ3v) is 23.0. The van der Waals surface area contributed by atoms with Crippen molar-refractivity contribution in [2.24, 2.45) is 0 Å². The molecule has 0 saturated heterocycles. The molecule has 71 heavy (non-hydrogen) atoms. The quantitative estimate of drug-likeness (QED) is 0.0261. The molecular formula is C63H124ClO6Sn. The van der Waals surface area contributed by atoms with Crippen molar-refractivity contribution in [2.75, 3.05) is 19.8 Å². The van der Waals surface area contributed by atoms with Gasteiger partial charge in [-0.15, -0.1) is 12.4 Å². The van der Waals surface area contributed by atoms with E-state index in [1.165, 1.54) is 270 Å². The van der Waals surface area contributed by atoms with Gasteiger partial charge in [-0.1, -0.05) is 194 Å². The van der Waals surface area contributed by atoms with E-state index in [0.717, 1.165) is 51.8 Å². The second kappa shape index (κ2) is 63.8. The van der Waals surface area contributed by atoms with Gasteiger partial charge in [0.15, 0.2) is 0 Å². The average Bonchev–Trinajstić information content (AvgIpc) is 3.36. The van der Waals surface area contributed by atoms with Gasteiger partial charge in [-0.05, 0) is 0 Å². The molecule has 0 aliphatic carbocycles. The zero-order valence-electron chi connectivity index (χ0n) is 48.2. The van der Waals surface area contributed by atoms with Gasteiger partial charge >= 0.3 is 253 Å². The van der Waals surface area contributed by atoms with Gasteiger partial charge < -0.3 is 0 Å². The van der Waals surface area contributed by atoms with Crippen molar-refractivity contribution >= 4 is 50.1 Å². The van der Waals surface area contributed by atoms with E-state index in [9.17, 15) is 14.4 Å². The summed E-state index contributed by atoms with van der Waals surface area (Å²) >= 11 is -2.22. The molecule has 8 heteroatoms. The Kier molecular flexibility index (Phi) is 65.2. The van der Waals surface area contributed by atoms with Gasteiger partial charge in [0.25, 0.3) is 0 Å². The van der Waals surface area contributed by atoms with Crippen LogP contribution in [0.4, 0.5) is 0 Å². The molecule has 0 N–H and O–H groups in total. The molecule has 0 amide bonds. The molecule has 0 aliphatic rings. The van der Waals surface area contributed by atoms with E-state index in [1.54, 1.807) is 0 Å². The van der Waals surface area contributed by atoms with Crippen LogP contribution in [0.1, 0.15) is 348 Å². The van der Waals surface area contributed by atoms with E-state index in [-0.39, 0.29) is 30.3 Å². The summed E-state index contributed by atoms with van der Waals surface area (Å²) in [5.74, 6) is -0.344. The van der Waals surface area contributed by atoms with Crippen LogP contribution < -0.4 is 0 Å². The predicted octanol–water partition coefficient (Wildman–Crippen LogP) is 21.5. The Morgan fingerprint density at radius 1 is 0.239 bits per heavy atom. The molecule has 0 aliphatic heterocycles. The number of carbonyl (C=O) groups excluding carboxylic acids is 3. The van der Waals surface area contributed by atoms with Crippen molar-refractivity contribution in [1.82, 2.24) is 0 Å². The summed E-state index contributed by atoms with van der Waals surface area (Å²) in [7, 11) is 0. The summed E-state index contributed by atoms with van der Waals surface area (Å²) in [6, 6.07) is 0. The maximum atomic E-state index is 12.8. The van der Waals surface area contributed by atoms with Crippen LogP contribution in [0, 0.1) is 0 Å². The standard InChI is InChI=1S/3C21H41O2.ClH.Sn/c3*1-3-5-6-7-8-9-10-11-12-13-14-15-16-17-18-19-20-23-21(22)4-2;;/h3*2-20H2,1H3;1H;. The molecule has 0 unspecified atom stereocenters. The summed E-state index contributed by atoms with van der Waals surface area (Å²) in [5, 5.41) is 0. The number of esters is 3. The first-order valence-corrected chi connectivity index (χ1v) is 37.9. The summed E-state index contributed by atoms with van der Waals surface area (Å²) in [5.41, 5.74) is 0. The Morgan fingerprint density at radius 3 is 0.535 bits per heavy atom. The number of hydrogen-bond acceptors (Lipinski definition) is 6. The zero-order chi connectivity index (χ0) is 50.7. The Balaban J connectivity index is 0. The Hall–Kier alpha value is -0.501. The van der Waals surface area contributed by atoms with Gasteiger partial charge in [0.05, 0.1) is 0 Å². The van der Waals surface area contributed by atoms with Crippen molar-refractivity contribution < 1.29 is 28.6 Å². The molecule has 423 valence electrons. The maximum absolute atomic E-state index is 12.8. The van der Waals surface area contributed by atoms with Crippen LogP contribution in [-0.4, -0.2) is 57.5 Å². The molecule has 0 bridgehead atoms. The van der Waals surface area contributed by atoms with Crippen LogP contribution >= 0.6 is 12.4 Å². The van der Waals surface area contributed by atoms with Gasteiger partial charge in [0, 0.05) is 0 Å². The molecule has 0 aromatic rings. The molecule has 0 spiro atoms. The molecule has 0 atom stereocenters. The van der Waals surface area contributed by atoms with E-state index < -0.39 is 19.8 Å². The summed E-state index contributed by atoms with van der Waals surface area (Å²) in [6.07, 6.45) is 65.0. The second-order valence-corrected chi connectivity index (χ2v) is 30.4. The molecule has 0 saturated carbocycles. The fraction of sp³-hybridized carbons (Fsp3) is 0.952. The molecule has 6 nitrogen and oxygen atoms in total. The minimum absolute atomic E-state index is 0. The van der Waals surface area contributed by atoms with Gasteiger partial charge in [0.1, 0.15) is 0 Å². The number of unbranched alkanes of at least 4 members (excludes halogenated alkanes) is 45. The van der Waals surface area contributed by atoms with Gasteiger partial charge in [-0.25, -0.2) is 0 Å². The summed E-state index contributed by atoms with van der Waals surface area (Å²) < 4.78 is 19.4. The van der Waals surface area contributed by atoms with Crippen LogP contribution in [0.25, 0.3) is 0 Å². The van der Waals surface area contributed by atoms with Crippen molar-refractivity contribution in [3.05, 3.63) is 0 Å². The third kappa shape index (κ3) is 61.9. The zero-order valence-corrected chi connectivity index (χ0v) is 51.8. The fourth-order valence-corrected chi connectivity index (χ4v) is 16.9. The predicted molar refractivity (Wildman–Crippen MR) is 313 cm³/mol. The monoisotopic (exact) mass is 1130 g/mol. The van der Waals surface area contributed by atoms with Gasteiger partial charge in [-0.2, -0.15) is 0 Å². The van der Waals surface area contributed by atoms with E-state index in [4.69, 9.17) is 14.2 Å². The molecule has 0 rings (SSSR count). The Morgan fingerprint density at radius 2 is 0.380 bits per heavy atom.